The van der Waals surface area contributed by atoms with Crippen molar-refractivity contribution in [2.24, 2.45) is 0 Å². The molecule has 20 heavy (non-hydrogen) atoms. The van der Waals surface area contributed by atoms with Crippen molar-refractivity contribution in [2.75, 3.05) is 21.3 Å². The second-order valence-electron chi connectivity index (χ2n) is 4.33. The van der Waals surface area contributed by atoms with E-state index in [0.29, 0.717) is 0 Å². The largest absolute Gasteiger partial charge is 0.496 e. The van der Waals surface area contributed by atoms with Gasteiger partial charge in [0.05, 0.1) is 31.5 Å². The smallest absolute Gasteiger partial charge is 0.127 e. The number of methoxy groups -OCH3 is 2. The van der Waals surface area contributed by atoms with Crippen molar-refractivity contribution in [2.45, 2.75) is 13.0 Å². The molecule has 1 aromatic heterocycles. The predicted octanol–water partition coefficient (Wildman–Crippen LogP) is 2.11. The molecule has 1 heterocycles. The topological polar surface area (TPSA) is 56.3 Å². The molecule has 0 aliphatic carbocycles. The van der Waals surface area contributed by atoms with Crippen LogP contribution >= 0.6 is 0 Å². The molecule has 1 unspecified atom stereocenters. The number of aryl methyl sites for hydroxylation is 1. The number of benzene rings is 1. The maximum Gasteiger partial charge on any atom is 0.127 e. The minimum atomic E-state index is -0.122. The zero-order chi connectivity index (χ0) is 14.5. The van der Waals surface area contributed by atoms with Crippen molar-refractivity contribution in [1.82, 2.24) is 15.3 Å². The highest BCUT2D eigenvalue weighted by atomic mass is 16.5. The van der Waals surface area contributed by atoms with E-state index in [2.05, 4.69) is 15.3 Å². The van der Waals surface area contributed by atoms with Crippen LogP contribution in [0.4, 0.5) is 0 Å². The molecule has 0 aliphatic rings. The third-order valence-corrected chi connectivity index (χ3v) is 3.14. The molecule has 0 radical (unpaired) electrons. The Morgan fingerprint density at radius 1 is 1.10 bits per heavy atom. The molecule has 0 saturated heterocycles. The van der Waals surface area contributed by atoms with Crippen LogP contribution in [0.15, 0.2) is 30.5 Å². The molecule has 0 fully saturated rings. The Kier molecular flexibility index (Phi) is 4.53. The molecule has 2 aromatic rings. The zero-order valence-electron chi connectivity index (χ0n) is 12.2. The van der Waals surface area contributed by atoms with Crippen molar-refractivity contribution in [1.29, 1.82) is 0 Å². The Morgan fingerprint density at radius 3 is 2.25 bits per heavy atom. The van der Waals surface area contributed by atoms with Gasteiger partial charge >= 0.3 is 0 Å². The first kappa shape index (κ1) is 14.3. The van der Waals surface area contributed by atoms with Gasteiger partial charge in [-0.2, -0.15) is 0 Å². The van der Waals surface area contributed by atoms with Crippen LogP contribution in [0.25, 0.3) is 0 Å². The average Bonchev–Trinajstić information content (AvgIpc) is 2.48. The first-order valence-corrected chi connectivity index (χ1v) is 6.39. The molecular formula is C15H19N3O2. The highest BCUT2D eigenvalue weighted by Gasteiger charge is 2.22. The number of nitrogens with zero attached hydrogens (tertiary/aromatic N) is 2. The lowest BCUT2D eigenvalue weighted by molar-refractivity contribution is 0.378. The van der Waals surface area contributed by atoms with E-state index in [-0.39, 0.29) is 6.04 Å². The molecule has 0 bridgehead atoms. The summed E-state index contributed by atoms with van der Waals surface area (Å²) in [5, 5.41) is 3.26. The predicted molar refractivity (Wildman–Crippen MR) is 77.2 cm³/mol. The fourth-order valence-corrected chi connectivity index (χ4v) is 2.24. The van der Waals surface area contributed by atoms with Gasteiger partial charge in [0.25, 0.3) is 0 Å². The van der Waals surface area contributed by atoms with Crippen LogP contribution in [-0.4, -0.2) is 31.2 Å². The maximum absolute atomic E-state index is 5.46. The van der Waals surface area contributed by atoms with Crippen LogP contribution < -0.4 is 14.8 Å². The molecule has 5 nitrogen and oxygen atoms in total. The van der Waals surface area contributed by atoms with Gasteiger partial charge in [0, 0.05) is 6.20 Å². The highest BCUT2D eigenvalue weighted by molar-refractivity contribution is 5.49. The second-order valence-corrected chi connectivity index (χ2v) is 4.33. The number of hydrogen-bond acceptors (Lipinski definition) is 5. The molecule has 2 rings (SSSR count). The van der Waals surface area contributed by atoms with Crippen molar-refractivity contribution in [3.63, 3.8) is 0 Å². The summed E-state index contributed by atoms with van der Waals surface area (Å²) in [6.45, 7) is 1.87. The summed E-state index contributed by atoms with van der Waals surface area (Å²) in [5.41, 5.74) is 1.81. The van der Waals surface area contributed by atoms with Crippen LogP contribution in [0.2, 0.25) is 0 Å². The quantitative estimate of drug-likeness (QED) is 0.904. The van der Waals surface area contributed by atoms with Crippen LogP contribution in [0.5, 0.6) is 11.5 Å². The van der Waals surface area contributed by atoms with E-state index in [4.69, 9.17) is 9.47 Å². The van der Waals surface area contributed by atoms with Crippen molar-refractivity contribution in [3.8, 4) is 11.5 Å². The van der Waals surface area contributed by atoms with Gasteiger partial charge in [-0.15, -0.1) is 0 Å². The van der Waals surface area contributed by atoms with E-state index in [1.165, 1.54) is 0 Å². The van der Waals surface area contributed by atoms with Gasteiger partial charge in [0.1, 0.15) is 17.3 Å². The summed E-state index contributed by atoms with van der Waals surface area (Å²) in [4.78, 5) is 8.62. The van der Waals surface area contributed by atoms with Gasteiger partial charge in [-0.3, -0.25) is 0 Å². The fraction of sp³-hybridized carbons (Fsp3) is 0.333. The molecule has 0 spiro atoms. The molecular weight excluding hydrogens is 254 g/mol. The van der Waals surface area contributed by atoms with Crippen molar-refractivity contribution >= 4 is 0 Å². The summed E-state index contributed by atoms with van der Waals surface area (Å²) >= 11 is 0. The first-order chi connectivity index (χ1) is 9.71. The SMILES string of the molecule is CNC(c1ccnc(C)n1)c1c(OC)cccc1OC. The Morgan fingerprint density at radius 2 is 1.75 bits per heavy atom. The summed E-state index contributed by atoms with van der Waals surface area (Å²) in [6.07, 6.45) is 1.75. The van der Waals surface area contributed by atoms with Gasteiger partial charge in [-0.25, -0.2) is 9.97 Å². The number of rotatable bonds is 5. The standard InChI is InChI=1S/C15H19N3O2/c1-10-17-9-8-11(18-10)15(16-2)14-12(19-3)6-5-7-13(14)20-4/h5-9,15-16H,1-4H3. The normalized spacial score (nSPS) is 12.0. The van der Waals surface area contributed by atoms with Crippen molar-refractivity contribution < 1.29 is 9.47 Å². The summed E-state index contributed by atoms with van der Waals surface area (Å²) in [7, 11) is 5.18. The summed E-state index contributed by atoms with van der Waals surface area (Å²) in [6, 6.07) is 7.49. The van der Waals surface area contributed by atoms with Gasteiger partial charge in [0.15, 0.2) is 0 Å². The lowest BCUT2D eigenvalue weighted by Gasteiger charge is -2.21. The van der Waals surface area contributed by atoms with Crippen LogP contribution in [0, 0.1) is 6.92 Å². The summed E-state index contributed by atoms with van der Waals surface area (Å²) < 4.78 is 10.9. The van der Waals surface area contributed by atoms with Crippen LogP contribution in [0.3, 0.4) is 0 Å². The van der Waals surface area contributed by atoms with E-state index >= 15 is 0 Å². The minimum absolute atomic E-state index is 0.122. The molecule has 1 aromatic carbocycles. The van der Waals surface area contributed by atoms with E-state index in [1.54, 1.807) is 20.4 Å². The van der Waals surface area contributed by atoms with Gasteiger partial charge in [0.2, 0.25) is 0 Å². The number of aromatic nitrogens is 2. The van der Waals surface area contributed by atoms with Gasteiger partial charge in [-0.1, -0.05) is 6.07 Å². The highest BCUT2D eigenvalue weighted by Crippen LogP contribution is 2.36. The van der Waals surface area contributed by atoms with E-state index < -0.39 is 0 Å². The Hall–Kier alpha value is -2.14. The Balaban J connectivity index is 2.57. The molecule has 5 heteroatoms. The second kappa shape index (κ2) is 6.34. The monoisotopic (exact) mass is 273 g/mol. The molecule has 1 N–H and O–H groups in total. The Bertz CT molecular complexity index is 565. The number of hydrogen-bond donors (Lipinski definition) is 1. The van der Waals surface area contributed by atoms with E-state index in [0.717, 1.165) is 28.6 Å². The Labute approximate surface area is 119 Å². The number of nitrogens with one attached hydrogen (secondary N) is 1. The third kappa shape index (κ3) is 2.72. The fourth-order valence-electron chi connectivity index (χ4n) is 2.24. The molecule has 0 amide bonds. The van der Waals surface area contributed by atoms with Crippen LogP contribution in [-0.2, 0) is 0 Å². The lowest BCUT2D eigenvalue weighted by atomic mass is 10.0. The van der Waals surface area contributed by atoms with Crippen LogP contribution in [0.1, 0.15) is 23.1 Å². The first-order valence-electron chi connectivity index (χ1n) is 6.39. The average molecular weight is 273 g/mol. The molecule has 0 saturated carbocycles. The van der Waals surface area contributed by atoms with E-state index in [1.807, 2.05) is 38.2 Å². The molecule has 0 aliphatic heterocycles. The third-order valence-electron chi connectivity index (χ3n) is 3.14. The van der Waals surface area contributed by atoms with Gasteiger partial charge in [-0.05, 0) is 32.2 Å². The van der Waals surface area contributed by atoms with Gasteiger partial charge < -0.3 is 14.8 Å². The summed E-state index contributed by atoms with van der Waals surface area (Å²) in [5.74, 6) is 2.26. The molecule has 1 atom stereocenters. The minimum Gasteiger partial charge on any atom is -0.496 e. The van der Waals surface area contributed by atoms with E-state index in [9.17, 15) is 0 Å². The maximum atomic E-state index is 5.46. The lowest BCUT2D eigenvalue weighted by Crippen LogP contribution is -2.21. The molecule has 106 valence electrons. The zero-order valence-corrected chi connectivity index (χ0v) is 12.2. The van der Waals surface area contributed by atoms with Crippen molar-refractivity contribution in [3.05, 3.63) is 47.5 Å². The number of ether oxygens (including phenoxy) is 2.